The maximum atomic E-state index is 5.69. The molecule has 0 aromatic rings. The van der Waals surface area contributed by atoms with E-state index in [1.165, 1.54) is 5.57 Å². The van der Waals surface area contributed by atoms with Crippen LogP contribution in [0.25, 0.3) is 0 Å². The van der Waals surface area contributed by atoms with Gasteiger partial charge in [-0.1, -0.05) is 13.8 Å². The van der Waals surface area contributed by atoms with Crippen LogP contribution in [0.4, 0.5) is 0 Å². The minimum atomic E-state index is 0.540. The highest BCUT2D eigenvalue weighted by atomic mass is 14.9. The van der Waals surface area contributed by atoms with Crippen molar-refractivity contribution in [1.29, 1.82) is 0 Å². The van der Waals surface area contributed by atoms with E-state index in [1.807, 2.05) is 13.8 Å². The van der Waals surface area contributed by atoms with Crippen LogP contribution in [0.15, 0.2) is 16.4 Å². The summed E-state index contributed by atoms with van der Waals surface area (Å²) in [6.07, 6.45) is 2.84. The minimum Gasteiger partial charge on any atom is -0.384 e. The molecule has 0 aliphatic rings. The van der Waals surface area contributed by atoms with Crippen LogP contribution < -0.4 is 5.73 Å². The monoisotopic (exact) mass is 154 g/mol. The average Bonchev–Trinajstić information content (AvgIpc) is 2.02. The number of allylic oxidation sites excluding steroid dienone is 1. The first kappa shape index (κ1) is 10.2. The Bertz CT molecular complexity index is 168. The molecule has 2 N–H and O–H groups in total. The summed E-state index contributed by atoms with van der Waals surface area (Å²) in [4.78, 5) is 4.03. The van der Waals surface area contributed by atoms with Crippen LogP contribution in [0.5, 0.6) is 0 Å². The smallest absolute Gasteiger partial charge is 0.122 e. The van der Waals surface area contributed by atoms with Gasteiger partial charge < -0.3 is 5.73 Å². The molecular formula is C9H18N2. The molecule has 0 saturated heterocycles. The summed E-state index contributed by atoms with van der Waals surface area (Å²) in [7, 11) is 0. The van der Waals surface area contributed by atoms with Crippen molar-refractivity contribution >= 4 is 6.21 Å². The first-order valence-corrected chi connectivity index (χ1v) is 4.08. The second-order valence-corrected chi connectivity index (χ2v) is 2.76. The maximum absolute atomic E-state index is 5.69. The summed E-state index contributed by atoms with van der Waals surface area (Å²) in [5, 5.41) is 0. The molecule has 2 nitrogen and oxygen atoms in total. The number of rotatable bonds is 3. The Labute approximate surface area is 69.2 Å². The summed E-state index contributed by atoms with van der Waals surface area (Å²) in [6.45, 7) is 8.22. The van der Waals surface area contributed by atoms with Crippen molar-refractivity contribution in [3.8, 4) is 0 Å². The number of hydrogen-bond acceptors (Lipinski definition) is 2. The molecular weight excluding hydrogens is 136 g/mol. The molecule has 1 atom stereocenters. The first-order valence-electron chi connectivity index (χ1n) is 4.08. The number of aliphatic imine (C=N–C) groups is 1. The molecule has 11 heavy (non-hydrogen) atoms. The minimum absolute atomic E-state index is 0.540. The normalized spacial score (nSPS) is 16.7. The highest BCUT2D eigenvalue weighted by Crippen LogP contribution is 2.15. The number of nitrogens with two attached hydrogens (primary N) is 1. The fraction of sp³-hybridized carbons (Fsp3) is 0.667. The molecule has 0 aromatic carbocycles. The summed E-state index contributed by atoms with van der Waals surface area (Å²) in [6, 6.07) is 0. The lowest BCUT2D eigenvalue weighted by Gasteiger charge is -2.09. The third-order valence-electron chi connectivity index (χ3n) is 2.02. The second-order valence-electron chi connectivity index (χ2n) is 2.76. The molecule has 0 amide bonds. The van der Waals surface area contributed by atoms with Gasteiger partial charge in [0.05, 0.1) is 0 Å². The summed E-state index contributed by atoms with van der Waals surface area (Å²) < 4.78 is 0. The molecule has 0 saturated carbocycles. The van der Waals surface area contributed by atoms with Crippen molar-refractivity contribution in [2.24, 2.45) is 16.6 Å². The fourth-order valence-corrected chi connectivity index (χ4v) is 0.800. The van der Waals surface area contributed by atoms with Gasteiger partial charge in [-0.3, -0.25) is 0 Å². The Hall–Kier alpha value is -0.790. The van der Waals surface area contributed by atoms with E-state index in [2.05, 4.69) is 18.8 Å². The molecule has 0 fully saturated rings. The van der Waals surface area contributed by atoms with E-state index < -0.39 is 0 Å². The van der Waals surface area contributed by atoms with E-state index >= 15 is 0 Å². The molecule has 0 unspecified atom stereocenters. The molecule has 64 valence electrons. The zero-order valence-corrected chi connectivity index (χ0v) is 7.89. The lowest BCUT2D eigenvalue weighted by Crippen LogP contribution is -2.04. The van der Waals surface area contributed by atoms with Crippen LogP contribution in [-0.4, -0.2) is 6.21 Å². The van der Waals surface area contributed by atoms with Crippen molar-refractivity contribution in [1.82, 2.24) is 0 Å². The van der Waals surface area contributed by atoms with E-state index in [1.54, 1.807) is 6.21 Å². The van der Waals surface area contributed by atoms with Gasteiger partial charge in [0.2, 0.25) is 0 Å². The summed E-state index contributed by atoms with van der Waals surface area (Å²) in [5.41, 5.74) is 6.87. The zero-order chi connectivity index (χ0) is 8.85. The number of nitrogens with zero attached hydrogens (tertiary/aromatic N) is 1. The zero-order valence-electron chi connectivity index (χ0n) is 7.89. The standard InChI is InChI=1S/C9H18N2/c1-5-7(3)8(4)9(10)11-6-2/h6-7H,5,10H2,1-4H3/b9-8+,11-6-/t7-/m0/s1. The van der Waals surface area contributed by atoms with E-state index in [-0.39, 0.29) is 0 Å². The van der Waals surface area contributed by atoms with Crippen LogP contribution in [0.1, 0.15) is 34.1 Å². The van der Waals surface area contributed by atoms with Crippen LogP contribution in [0.2, 0.25) is 0 Å². The van der Waals surface area contributed by atoms with Gasteiger partial charge in [0.1, 0.15) is 5.82 Å². The molecule has 0 aliphatic carbocycles. The summed E-state index contributed by atoms with van der Waals surface area (Å²) in [5.74, 6) is 1.21. The molecule has 0 heterocycles. The Balaban J connectivity index is 4.38. The van der Waals surface area contributed by atoms with E-state index in [0.29, 0.717) is 11.7 Å². The van der Waals surface area contributed by atoms with E-state index in [9.17, 15) is 0 Å². The average molecular weight is 154 g/mol. The molecule has 0 aliphatic heterocycles. The molecule has 2 heteroatoms. The topological polar surface area (TPSA) is 38.4 Å². The predicted octanol–water partition coefficient (Wildman–Crippen LogP) is 2.31. The Morgan fingerprint density at radius 2 is 2.18 bits per heavy atom. The van der Waals surface area contributed by atoms with Gasteiger partial charge in [-0.15, -0.1) is 0 Å². The fourth-order valence-electron chi connectivity index (χ4n) is 0.800. The van der Waals surface area contributed by atoms with Crippen LogP contribution in [0.3, 0.4) is 0 Å². The van der Waals surface area contributed by atoms with Gasteiger partial charge >= 0.3 is 0 Å². The molecule has 0 rings (SSSR count). The molecule has 0 spiro atoms. The van der Waals surface area contributed by atoms with Gasteiger partial charge in [0, 0.05) is 6.21 Å². The van der Waals surface area contributed by atoms with Crippen molar-refractivity contribution < 1.29 is 0 Å². The lowest BCUT2D eigenvalue weighted by atomic mass is 10.0. The third kappa shape index (κ3) is 3.21. The summed E-state index contributed by atoms with van der Waals surface area (Å²) >= 11 is 0. The quantitative estimate of drug-likeness (QED) is 0.622. The first-order chi connectivity index (χ1) is 5.13. The highest BCUT2D eigenvalue weighted by molar-refractivity contribution is 5.55. The second kappa shape index (κ2) is 4.94. The van der Waals surface area contributed by atoms with E-state index in [4.69, 9.17) is 5.73 Å². The maximum Gasteiger partial charge on any atom is 0.122 e. The lowest BCUT2D eigenvalue weighted by molar-refractivity contribution is 0.645. The van der Waals surface area contributed by atoms with Crippen LogP contribution >= 0.6 is 0 Å². The van der Waals surface area contributed by atoms with Crippen molar-refractivity contribution in [3.05, 3.63) is 11.4 Å². The van der Waals surface area contributed by atoms with Crippen molar-refractivity contribution in [2.75, 3.05) is 0 Å². The van der Waals surface area contributed by atoms with Gasteiger partial charge in [0.25, 0.3) is 0 Å². The third-order valence-corrected chi connectivity index (χ3v) is 2.02. The Morgan fingerprint density at radius 3 is 2.55 bits per heavy atom. The largest absolute Gasteiger partial charge is 0.384 e. The number of hydrogen-bond donors (Lipinski definition) is 1. The van der Waals surface area contributed by atoms with Gasteiger partial charge in [-0.05, 0) is 31.8 Å². The molecule has 0 aromatic heterocycles. The van der Waals surface area contributed by atoms with Crippen molar-refractivity contribution in [3.63, 3.8) is 0 Å². The van der Waals surface area contributed by atoms with Crippen molar-refractivity contribution in [2.45, 2.75) is 34.1 Å². The Morgan fingerprint density at radius 1 is 1.64 bits per heavy atom. The SMILES string of the molecule is C/C=N\C(N)=C(/C)[C@@H](C)CC. The van der Waals surface area contributed by atoms with Gasteiger partial charge in [-0.25, -0.2) is 4.99 Å². The predicted molar refractivity (Wildman–Crippen MR) is 50.5 cm³/mol. The highest BCUT2D eigenvalue weighted by Gasteiger charge is 2.03. The van der Waals surface area contributed by atoms with Crippen LogP contribution in [0, 0.1) is 5.92 Å². The van der Waals surface area contributed by atoms with Gasteiger partial charge in [-0.2, -0.15) is 0 Å². The van der Waals surface area contributed by atoms with E-state index in [0.717, 1.165) is 6.42 Å². The molecule has 0 radical (unpaired) electrons. The van der Waals surface area contributed by atoms with Crippen LogP contribution in [-0.2, 0) is 0 Å². The van der Waals surface area contributed by atoms with Gasteiger partial charge in [0.15, 0.2) is 0 Å². The molecule has 0 bridgehead atoms. The Kier molecular flexibility index (Phi) is 4.59.